The molecule has 1 aromatic carbocycles. The molecule has 0 spiro atoms. The Labute approximate surface area is 102 Å². The van der Waals surface area contributed by atoms with E-state index in [-0.39, 0.29) is 6.04 Å². The molecule has 0 bridgehead atoms. The monoisotopic (exact) mass is 239 g/mol. The number of phenolic OH excluding ortho intramolecular Hbond substituents is 1. The lowest BCUT2D eigenvalue weighted by Crippen LogP contribution is -2.21. The number of benzene rings is 1. The summed E-state index contributed by atoms with van der Waals surface area (Å²) in [6.45, 7) is 5.30. The van der Waals surface area contributed by atoms with Crippen LogP contribution in [0, 0.1) is 0 Å². The SMILES string of the molecule is CSC(C)CCNC(C)c1ccccc1O. The zero-order chi connectivity index (χ0) is 12.0. The number of phenols is 1. The van der Waals surface area contributed by atoms with E-state index in [0.29, 0.717) is 11.0 Å². The summed E-state index contributed by atoms with van der Waals surface area (Å²) in [4.78, 5) is 0. The molecule has 2 atom stereocenters. The third-order valence-electron chi connectivity index (χ3n) is 2.81. The van der Waals surface area contributed by atoms with Crippen LogP contribution >= 0.6 is 11.8 Å². The second kappa shape index (κ2) is 6.81. The molecule has 16 heavy (non-hydrogen) atoms. The Morgan fingerprint density at radius 3 is 2.62 bits per heavy atom. The third-order valence-corrected chi connectivity index (χ3v) is 3.85. The third kappa shape index (κ3) is 4.06. The molecule has 0 fully saturated rings. The largest absolute Gasteiger partial charge is 0.508 e. The standard InChI is InChI=1S/C13H21NOS/c1-10(16-3)8-9-14-11(2)12-6-4-5-7-13(12)15/h4-7,10-11,14-15H,8-9H2,1-3H3. The molecule has 0 aliphatic carbocycles. The zero-order valence-electron chi connectivity index (χ0n) is 10.2. The highest BCUT2D eigenvalue weighted by atomic mass is 32.2. The fraction of sp³-hybridized carbons (Fsp3) is 0.538. The molecule has 0 amide bonds. The van der Waals surface area contributed by atoms with Gasteiger partial charge in [0.15, 0.2) is 0 Å². The van der Waals surface area contributed by atoms with Crippen molar-refractivity contribution in [2.75, 3.05) is 12.8 Å². The average Bonchev–Trinajstić information content (AvgIpc) is 2.29. The summed E-state index contributed by atoms with van der Waals surface area (Å²) >= 11 is 1.89. The van der Waals surface area contributed by atoms with Crippen molar-refractivity contribution in [2.45, 2.75) is 31.6 Å². The molecule has 1 aromatic rings. The van der Waals surface area contributed by atoms with Gasteiger partial charge in [-0.1, -0.05) is 25.1 Å². The second-order valence-corrected chi connectivity index (χ2v) is 5.35. The average molecular weight is 239 g/mol. The lowest BCUT2D eigenvalue weighted by molar-refractivity contribution is 0.452. The van der Waals surface area contributed by atoms with Gasteiger partial charge in [-0.15, -0.1) is 0 Å². The molecule has 0 aromatic heterocycles. The molecular weight excluding hydrogens is 218 g/mol. The van der Waals surface area contributed by atoms with E-state index in [9.17, 15) is 5.11 Å². The molecule has 1 rings (SSSR count). The number of nitrogens with one attached hydrogen (secondary N) is 1. The van der Waals surface area contributed by atoms with E-state index in [2.05, 4.69) is 25.4 Å². The van der Waals surface area contributed by atoms with E-state index in [0.717, 1.165) is 18.5 Å². The van der Waals surface area contributed by atoms with Gasteiger partial charge >= 0.3 is 0 Å². The predicted octanol–water partition coefficient (Wildman–Crippen LogP) is 3.18. The van der Waals surface area contributed by atoms with Crippen molar-refractivity contribution in [2.24, 2.45) is 0 Å². The highest BCUT2D eigenvalue weighted by Gasteiger charge is 2.09. The Kier molecular flexibility index (Phi) is 5.71. The summed E-state index contributed by atoms with van der Waals surface area (Å²) in [5.74, 6) is 0.375. The van der Waals surface area contributed by atoms with Crippen molar-refractivity contribution in [3.8, 4) is 5.75 Å². The number of para-hydroxylation sites is 1. The maximum atomic E-state index is 9.69. The maximum absolute atomic E-state index is 9.69. The van der Waals surface area contributed by atoms with Gasteiger partial charge < -0.3 is 10.4 Å². The number of thioether (sulfide) groups is 1. The summed E-state index contributed by atoms with van der Waals surface area (Å²) < 4.78 is 0. The molecule has 0 saturated heterocycles. The van der Waals surface area contributed by atoms with Crippen molar-refractivity contribution >= 4 is 11.8 Å². The number of rotatable bonds is 6. The van der Waals surface area contributed by atoms with Crippen LogP contribution in [0.5, 0.6) is 5.75 Å². The Bertz CT molecular complexity index is 317. The topological polar surface area (TPSA) is 32.3 Å². The van der Waals surface area contributed by atoms with Gasteiger partial charge in [-0.05, 0) is 32.2 Å². The van der Waals surface area contributed by atoms with Gasteiger partial charge in [-0.2, -0.15) is 11.8 Å². The summed E-state index contributed by atoms with van der Waals surface area (Å²) in [5.41, 5.74) is 0.972. The van der Waals surface area contributed by atoms with Crippen LogP contribution in [-0.4, -0.2) is 23.2 Å². The van der Waals surface area contributed by atoms with Crippen LogP contribution in [0.25, 0.3) is 0 Å². The summed E-state index contributed by atoms with van der Waals surface area (Å²) in [5, 5.41) is 13.8. The van der Waals surface area contributed by atoms with Crippen LogP contribution in [-0.2, 0) is 0 Å². The molecule has 90 valence electrons. The van der Waals surface area contributed by atoms with Gasteiger partial charge in [0, 0.05) is 16.9 Å². The van der Waals surface area contributed by atoms with Crippen molar-refractivity contribution < 1.29 is 5.11 Å². The molecule has 2 nitrogen and oxygen atoms in total. The predicted molar refractivity (Wildman–Crippen MR) is 72.1 cm³/mol. The first kappa shape index (κ1) is 13.4. The van der Waals surface area contributed by atoms with E-state index in [1.54, 1.807) is 6.07 Å². The number of hydrogen-bond donors (Lipinski definition) is 2. The first-order chi connectivity index (χ1) is 7.65. The van der Waals surface area contributed by atoms with Crippen molar-refractivity contribution in [1.82, 2.24) is 5.32 Å². The van der Waals surface area contributed by atoms with Crippen molar-refractivity contribution in [3.05, 3.63) is 29.8 Å². The zero-order valence-corrected chi connectivity index (χ0v) is 11.1. The van der Waals surface area contributed by atoms with Gasteiger partial charge in [0.25, 0.3) is 0 Å². The van der Waals surface area contributed by atoms with Crippen LogP contribution in [0.1, 0.15) is 31.9 Å². The first-order valence-electron chi connectivity index (χ1n) is 5.69. The normalized spacial score (nSPS) is 14.7. The van der Waals surface area contributed by atoms with Gasteiger partial charge in [0.2, 0.25) is 0 Å². The Balaban J connectivity index is 2.41. The number of aromatic hydroxyl groups is 1. The fourth-order valence-electron chi connectivity index (χ4n) is 1.58. The minimum atomic E-state index is 0.204. The minimum absolute atomic E-state index is 0.204. The van der Waals surface area contributed by atoms with Gasteiger partial charge in [-0.3, -0.25) is 0 Å². The molecule has 3 heteroatoms. The van der Waals surface area contributed by atoms with Gasteiger partial charge in [0.1, 0.15) is 5.75 Å². The van der Waals surface area contributed by atoms with E-state index in [1.165, 1.54) is 0 Å². The van der Waals surface area contributed by atoms with Crippen molar-refractivity contribution in [1.29, 1.82) is 0 Å². The fourth-order valence-corrected chi connectivity index (χ4v) is 1.94. The molecule has 0 radical (unpaired) electrons. The smallest absolute Gasteiger partial charge is 0.120 e. The lowest BCUT2D eigenvalue weighted by Gasteiger charge is -2.16. The van der Waals surface area contributed by atoms with E-state index in [1.807, 2.05) is 30.0 Å². The van der Waals surface area contributed by atoms with Crippen LogP contribution in [0.15, 0.2) is 24.3 Å². The van der Waals surface area contributed by atoms with Crippen LogP contribution in [0.4, 0.5) is 0 Å². The Morgan fingerprint density at radius 2 is 2.00 bits per heavy atom. The quantitative estimate of drug-likeness (QED) is 0.799. The lowest BCUT2D eigenvalue weighted by atomic mass is 10.1. The first-order valence-corrected chi connectivity index (χ1v) is 6.98. The molecule has 0 saturated carbocycles. The maximum Gasteiger partial charge on any atom is 0.120 e. The number of hydrogen-bond acceptors (Lipinski definition) is 3. The molecule has 0 aliphatic heterocycles. The second-order valence-electron chi connectivity index (χ2n) is 4.07. The summed E-state index contributed by atoms with van der Waals surface area (Å²) in [6.07, 6.45) is 3.29. The molecule has 2 N–H and O–H groups in total. The highest BCUT2D eigenvalue weighted by molar-refractivity contribution is 7.99. The Morgan fingerprint density at radius 1 is 1.31 bits per heavy atom. The van der Waals surface area contributed by atoms with Gasteiger partial charge in [-0.25, -0.2) is 0 Å². The molecular formula is C13H21NOS. The van der Waals surface area contributed by atoms with Crippen LogP contribution < -0.4 is 5.32 Å². The molecule has 2 unspecified atom stereocenters. The molecule has 0 aliphatic rings. The highest BCUT2D eigenvalue weighted by Crippen LogP contribution is 2.23. The summed E-state index contributed by atoms with van der Waals surface area (Å²) in [6, 6.07) is 7.71. The van der Waals surface area contributed by atoms with Crippen LogP contribution in [0.3, 0.4) is 0 Å². The van der Waals surface area contributed by atoms with Gasteiger partial charge in [0.05, 0.1) is 0 Å². The van der Waals surface area contributed by atoms with E-state index >= 15 is 0 Å². The van der Waals surface area contributed by atoms with Crippen LogP contribution in [0.2, 0.25) is 0 Å². The molecule has 0 heterocycles. The van der Waals surface area contributed by atoms with Crippen molar-refractivity contribution in [3.63, 3.8) is 0 Å². The Hall–Kier alpha value is -0.670. The minimum Gasteiger partial charge on any atom is -0.508 e. The summed E-state index contributed by atoms with van der Waals surface area (Å²) in [7, 11) is 0. The van der Waals surface area contributed by atoms with E-state index < -0.39 is 0 Å². The van der Waals surface area contributed by atoms with E-state index in [4.69, 9.17) is 0 Å².